The number of carbonyl (C=O) groups is 2. The van der Waals surface area contributed by atoms with Gasteiger partial charge in [-0.25, -0.2) is 4.79 Å². The van der Waals surface area contributed by atoms with E-state index in [1.807, 2.05) is 0 Å². The number of esters is 1. The normalized spacial score (nSPS) is 28.6. The van der Waals surface area contributed by atoms with Gasteiger partial charge in [-0.1, -0.05) is 6.92 Å². The molecule has 1 fully saturated rings. The van der Waals surface area contributed by atoms with E-state index in [1.54, 1.807) is 6.92 Å². The van der Waals surface area contributed by atoms with Crippen LogP contribution in [0.2, 0.25) is 0 Å². The van der Waals surface area contributed by atoms with E-state index in [0.717, 1.165) is 0 Å². The molecular weight excluding hydrogens is 164 g/mol. The summed E-state index contributed by atoms with van der Waals surface area (Å²) in [4.78, 5) is 21.1. The van der Waals surface area contributed by atoms with Gasteiger partial charge >= 0.3 is 11.9 Å². The predicted molar refractivity (Wildman–Crippen MR) is 37.3 cm³/mol. The van der Waals surface area contributed by atoms with Gasteiger partial charge in [0.2, 0.25) is 6.29 Å². The molecule has 0 spiro atoms. The molecule has 0 saturated carbocycles. The Morgan fingerprint density at radius 3 is 2.75 bits per heavy atom. The molecule has 1 saturated heterocycles. The average Bonchev–Trinajstić information content (AvgIpc) is 2.31. The highest BCUT2D eigenvalue weighted by Gasteiger charge is 2.35. The lowest BCUT2D eigenvalue weighted by atomic mass is 10.3. The van der Waals surface area contributed by atoms with Crippen molar-refractivity contribution in [2.75, 3.05) is 0 Å². The van der Waals surface area contributed by atoms with Crippen molar-refractivity contribution in [1.82, 2.24) is 0 Å². The number of carboxylic acid groups (broad SMARTS) is 1. The fraction of sp³-hybridized carbons (Fsp3) is 0.714. The fourth-order valence-corrected chi connectivity index (χ4v) is 0.942. The van der Waals surface area contributed by atoms with Crippen LogP contribution in [-0.4, -0.2) is 29.4 Å². The minimum Gasteiger partial charge on any atom is -0.481 e. The van der Waals surface area contributed by atoms with E-state index in [-0.39, 0.29) is 6.42 Å². The molecule has 68 valence electrons. The van der Waals surface area contributed by atoms with Gasteiger partial charge < -0.3 is 14.6 Å². The molecule has 0 radical (unpaired) electrons. The van der Waals surface area contributed by atoms with Crippen LogP contribution in [0, 0.1) is 0 Å². The fourth-order valence-electron chi connectivity index (χ4n) is 0.942. The van der Waals surface area contributed by atoms with E-state index >= 15 is 0 Å². The van der Waals surface area contributed by atoms with Crippen molar-refractivity contribution < 1.29 is 24.2 Å². The average molecular weight is 174 g/mol. The van der Waals surface area contributed by atoms with Gasteiger partial charge in [-0.05, 0) is 0 Å². The summed E-state index contributed by atoms with van der Waals surface area (Å²) < 4.78 is 9.68. The first-order valence-electron chi connectivity index (χ1n) is 3.71. The zero-order valence-electron chi connectivity index (χ0n) is 6.65. The Morgan fingerprint density at radius 2 is 2.33 bits per heavy atom. The van der Waals surface area contributed by atoms with E-state index in [0.29, 0.717) is 6.42 Å². The summed E-state index contributed by atoms with van der Waals surface area (Å²) in [5.41, 5.74) is 0. The third kappa shape index (κ3) is 1.94. The van der Waals surface area contributed by atoms with Crippen LogP contribution >= 0.6 is 0 Å². The van der Waals surface area contributed by atoms with E-state index in [2.05, 4.69) is 0 Å². The lowest BCUT2D eigenvalue weighted by molar-refractivity contribution is -0.146. The van der Waals surface area contributed by atoms with Crippen molar-refractivity contribution in [2.24, 2.45) is 0 Å². The van der Waals surface area contributed by atoms with Crippen molar-refractivity contribution in [3.05, 3.63) is 0 Å². The topological polar surface area (TPSA) is 72.8 Å². The number of cyclic esters (lactones) is 1. The van der Waals surface area contributed by atoms with Gasteiger partial charge in [0, 0.05) is 6.42 Å². The summed E-state index contributed by atoms with van der Waals surface area (Å²) in [6.07, 6.45) is -1.27. The second-order valence-electron chi connectivity index (χ2n) is 2.50. The van der Waals surface area contributed by atoms with Crippen LogP contribution < -0.4 is 0 Å². The van der Waals surface area contributed by atoms with Crippen molar-refractivity contribution in [3.8, 4) is 0 Å². The summed E-state index contributed by atoms with van der Waals surface area (Å²) in [5, 5.41) is 8.36. The van der Waals surface area contributed by atoms with E-state index in [9.17, 15) is 9.59 Å². The second kappa shape index (κ2) is 3.53. The molecule has 0 aromatic carbocycles. The number of hydrogen-bond donors (Lipinski definition) is 1. The lowest BCUT2D eigenvalue weighted by Gasteiger charge is -2.03. The van der Waals surface area contributed by atoms with Crippen LogP contribution in [0.25, 0.3) is 0 Å². The number of hydrogen-bond acceptors (Lipinski definition) is 4. The molecular formula is C7H10O5. The molecule has 2 atom stereocenters. The van der Waals surface area contributed by atoms with Gasteiger partial charge in [-0.3, -0.25) is 4.79 Å². The minimum atomic E-state index is -1.06. The Labute approximate surface area is 69.3 Å². The Balaban J connectivity index is 2.46. The molecule has 1 aliphatic rings. The molecule has 1 N–H and O–H groups in total. The smallest absolute Gasteiger partial charge is 0.338 e. The molecule has 1 unspecified atom stereocenters. The van der Waals surface area contributed by atoms with E-state index < -0.39 is 24.3 Å². The molecule has 0 amide bonds. The third-order valence-corrected chi connectivity index (χ3v) is 1.52. The summed E-state index contributed by atoms with van der Waals surface area (Å²) in [6.45, 7) is 1.79. The van der Waals surface area contributed by atoms with E-state index in [1.165, 1.54) is 0 Å². The maximum absolute atomic E-state index is 10.9. The van der Waals surface area contributed by atoms with Crippen molar-refractivity contribution >= 4 is 11.9 Å². The largest absolute Gasteiger partial charge is 0.481 e. The van der Waals surface area contributed by atoms with Crippen molar-refractivity contribution in [3.63, 3.8) is 0 Å². The lowest BCUT2D eigenvalue weighted by Crippen LogP contribution is -2.20. The van der Waals surface area contributed by atoms with Crippen molar-refractivity contribution in [1.29, 1.82) is 0 Å². The maximum Gasteiger partial charge on any atom is 0.338 e. The zero-order chi connectivity index (χ0) is 9.14. The summed E-state index contributed by atoms with van der Waals surface area (Å²) in [5.74, 6) is -1.64. The van der Waals surface area contributed by atoms with E-state index in [4.69, 9.17) is 14.6 Å². The number of rotatable bonds is 3. The van der Waals surface area contributed by atoms with Gasteiger partial charge in [0.05, 0.1) is 6.42 Å². The summed E-state index contributed by atoms with van der Waals surface area (Å²) >= 11 is 0. The molecule has 1 heterocycles. The molecule has 5 nitrogen and oxygen atoms in total. The van der Waals surface area contributed by atoms with Crippen LogP contribution in [0.3, 0.4) is 0 Å². The monoisotopic (exact) mass is 174 g/mol. The van der Waals surface area contributed by atoms with Gasteiger partial charge in [0.25, 0.3) is 0 Å². The molecule has 12 heavy (non-hydrogen) atoms. The Kier molecular flexibility index (Phi) is 2.65. The summed E-state index contributed by atoms with van der Waals surface area (Å²) in [6, 6.07) is 0. The Morgan fingerprint density at radius 1 is 1.67 bits per heavy atom. The van der Waals surface area contributed by atoms with Crippen LogP contribution in [0.15, 0.2) is 0 Å². The molecule has 0 aromatic heterocycles. The van der Waals surface area contributed by atoms with Crippen LogP contribution in [0.5, 0.6) is 0 Å². The number of carboxylic acids is 1. The third-order valence-electron chi connectivity index (χ3n) is 1.52. The minimum absolute atomic E-state index is 0.324. The quantitative estimate of drug-likeness (QED) is 0.616. The molecule has 0 aromatic rings. The van der Waals surface area contributed by atoms with Crippen LogP contribution in [0.4, 0.5) is 0 Å². The maximum atomic E-state index is 10.9. The Bertz CT molecular complexity index is 200. The predicted octanol–water partition coefficient (Wildman–Crippen LogP) is 0.139. The SMILES string of the molecule is CCC1OC(=O)[C@H](CC(=O)O)O1. The van der Waals surface area contributed by atoms with Gasteiger partial charge in [0.1, 0.15) is 0 Å². The molecule has 5 heteroatoms. The van der Waals surface area contributed by atoms with Gasteiger partial charge in [0.15, 0.2) is 6.10 Å². The highest BCUT2D eigenvalue weighted by Crippen LogP contribution is 2.17. The first-order chi connectivity index (χ1) is 5.63. The number of aliphatic carboxylic acids is 1. The molecule has 0 aliphatic carbocycles. The molecule has 1 aliphatic heterocycles. The number of ether oxygens (including phenoxy) is 2. The Hall–Kier alpha value is -1.10. The van der Waals surface area contributed by atoms with Crippen LogP contribution in [0.1, 0.15) is 19.8 Å². The van der Waals surface area contributed by atoms with Gasteiger partial charge in [-0.15, -0.1) is 0 Å². The second-order valence-corrected chi connectivity index (χ2v) is 2.50. The molecule has 1 rings (SSSR count). The highest BCUT2D eigenvalue weighted by atomic mass is 16.8. The summed E-state index contributed by atoms with van der Waals surface area (Å²) in [7, 11) is 0. The highest BCUT2D eigenvalue weighted by molar-refractivity contribution is 5.82. The van der Waals surface area contributed by atoms with Gasteiger partial charge in [-0.2, -0.15) is 0 Å². The first kappa shape index (κ1) is 8.99. The zero-order valence-corrected chi connectivity index (χ0v) is 6.65. The first-order valence-corrected chi connectivity index (χ1v) is 3.71. The molecule has 0 bridgehead atoms. The standard InChI is InChI=1S/C7H10O5/c1-2-6-11-4(3-5(8)9)7(10)12-6/h4,6H,2-3H2,1H3,(H,8,9)/t4-,6?/m0/s1. The van der Waals surface area contributed by atoms with Crippen molar-refractivity contribution in [2.45, 2.75) is 32.2 Å². The number of carbonyl (C=O) groups excluding carboxylic acids is 1. The van der Waals surface area contributed by atoms with Crippen LogP contribution in [-0.2, 0) is 19.1 Å².